The van der Waals surface area contributed by atoms with Gasteiger partial charge in [-0.25, -0.2) is 4.98 Å². The van der Waals surface area contributed by atoms with Gasteiger partial charge in [-0.3, -0.25) is 19.3 Å². The first-order valence-corrected chi connectivity index (χ1v) is 9.14. The molecule has 10 nitrogen and oxygen atoms in total. The number of nitrogens with zero attached hydrogens (tertiary/aromatic N) is 4. The Labute approximate surface area is 178 Å². The zero-order chi connectivity index (χ0) is 20.4. The number of carbonyl (C=O) groups excluding carboxylic acids is 2. The van der Waals surface area contributed by atoms with Gasteiger partial charge in [0.2, 0.25) is 5.89 Å². The Kier molecular flexibility index (Phi) is 6.48. The van der Waals surface area contributed by atoms with Gasteiger partial charge in [0.05, 0.1) is 12.3 Å². The van der Waals surface area contributed by atoms with Gasteiger partial charge in [0.25, 0.3) is 11.8 Å². The zero-order valence-corrected chi connectivity index (χ0v) is 17.0. The Morgan fingerprint density at radius 3 is 2.93 bits per heavy atom. The van der Waals surface area contributed by atoms with Gasteiger partial charge >= 0.3 is 0 Å². The third-order valence-electron chi connectivity index (χ3n) is 4.59. The molecule has 158 valence electrons. The van der Waals surface area contributed by atoms with Crippen molar-refractivity contribution in [1.29, 1.82) is 0 Å². The number of halogens is 1. The highest BCUT2D eigenvalue weighted by Crippen LogP contribution is 2.21. The smallest absolute Gasteiger partial charge is 0.277 e. The molecule has 0 bridgehead atoms. The second kappa shape index (κ2) is 9.06. The monoisotopic (exact) mass is 432 g/mol. The van der Waals surface area contributed by atoms with Crippen LogP contribution in [-0.2, 0) is 11.3 Å². The van der Waals surface area contributed by atoms with Gasteiger partial charge in [-0.15, -0.1) is 12.4 Å². The van der Waals surface area contributed by atoms with Crippen LogP contribution in [0.15, 0.2) is 35.2 Å². The molecule has 0 radical (unpaired) electrons. The number of primary amides is 1. The summed E-state index contributed by atoms with van der Waals surface area (Å²) in [6.45, 7) is 3.78. The predicted octanol–water partition coefficient (Wildman–Crippen LogP) is 2.05. The van der Waals surface area contributed by atoms with Crippen molar-refractivity contribution in [3.05, 3.63) is 47.9 Å². The molecule has 3 aromatic heterocycles. The van der Waals surface area contributed by atoms with Gasteiger partial charge in [0.15, 0.2) is 11.4 Å². The van der Waals surface area contributed by atoms with E-state index < -0.39 is 11.8 Å². The van der Waals surface area contributed by atoms with Crippen LogP contribution in [0.2, 0.25) is 0 Å². The molecule has 1 fully saturated rings. The molecule has 1 atom stereocenters. The number of hydrogen-bond acceptors (Lipinski definition) is 7. The standard InChI is InChI=1S/C19H20N6O4.ClH/c1-11-6-13(2-4-21-11)19-23-15(10-29-19)18(27)22-14-8-25(24-16(14)17(20)26)7-12-3-5-28-9-12;/h2,4,6,8,10,12H,3,5,7,9H2,1H3,(H2,20,26)(H,22,27);1H. The van der Waals surface area contributed by atoms with E-state index in [1.807, 2.05) is 6.92 Å². The third kappa shape index (κ3) is 4.66. The van der Waals surface area contributed by atoms with Gasteiger partial charge in [-0.2, -0.15) is 5.10 Å². The number of oxazole rings is 1. The molecule has 11 heteroatoms. The lowest BCUT2D eigenvalue weighted by molar-refractivity contribution is 0.0995. The Hall–Kier alpha value is -3.24. The van der Waals surface area contributed by atoms with Crippen molar-refractivity contribution < 1.29 is 18.7 Å². The van der Waals surface area contributed by atoms with E-state index in [0.29, 0.717) is 37.1 Å². The molecule has 0 saturated carbocycles. The summed E-state index contributed by atoms with van der Waals surface area (Å²) in [5, 5.41) is 6.84. The van der Waals surface area contributed by atoms with Gasteiger partial charge < -0.3 is 20.2 Å². The maximum atomic E-state index is 12.6. The molecule has 1 unspecified atom stereocenters. The van der Waals surface area contributed by atoms with Crippen LogP contribution in [0, 0.1) is 12.8 Å². The number of aromatic nitrogens is 4. The van der Waals surface area contributed by atoms with E-state index in [1.165, 1.54) is 6.26 Å². The van der Waals surface area contributed by atoms with E-state index in [1.54, 1.807) is 29.2 Å². The SMILES string of the molecule is Cc1cc(-c2nc(C(=O)Nc3cn(CC4CCOC4)nc3C(N)=O)co2)ccn1.Cl. The first kappa shape index (κ1) is 21.5. The summed E-state index contributed by atoms with van der Waals surface area (Å²) >= 11 is 0. The minimum absolute atomic E-state index is 0. The number of aryl methyl sites for hydroxylation is 1. The predicted molar refractivity (Wildman–Crippen MR) is 109 cm³/mol. The lowest BCUT2D eigenvalue weighted by Gasteiger charge is -2.06. The van der Waals surface area contributed by atoms with E-state index in [4.69, 9.17) is 14.9 Å². The van der Waals surface area contributed by atoms with E-state index in [0.717, 1.165) is 12.1 Å². The molecule has 0 aliphatic carbocycles. The summed E-state index contributed by atoms with van der Waals surface area (Å²) in [5.41, 5.74) is 7.22. The summed E-state index contributed by atoms with van der Waals surface area (Å²) < 4.78 is 12.4. The van der Waals surface area contributed by atoms with E-state index >= 15 is 0 Å². The fraction of sp³-hybridized carbons (Fsp3) is 0.316. The Morgan fingerprint density at radius 2 is 2.23 bits per heavy atom. The lowest BCUT2D eigenvalue weighted by atomic mass is 10.1. The molecule has 3 N–H and O–H groups in total. The van der Waals surface area contributed by atoms with Crippen LogP contribution in [0.5, 0.6) is 0 Å². The number of ether oxygens (including phenoxy) is 1. The fourth-order valence-corrected chi connectivity index (χ4v) is 3.16. The van der Waals surface area contributed by atoms with E-state index in [9.17, 15) is 9.59 Å². The van der Waals surface area contributed by atoms with Crippen LogP contribution in [-0.4, -0.2) is 44.8 Å². The molecule has 3 aromatic rings. The first-order chi connectivity index (χ1) is 14.0. The van der Waals surface area contributed by atoms with Crippen LogP contribution in [0.25, 0.3) is 11.5 Å². The molecule has 0 spiro atoms. The third-order valence-corrected chi connectivity index (χ3v) is 4.59. The summed E-state index contributed by atoms with van der Waals surface area (Å²) in [6, 6.07) is 3.54. The highest BCUT2D eigenvalue weighted by atomic mass is 35.5. The average molecular weight is 433 g/mol. The number of amides is 2. The van der Waals surface area contributed by atoms with Crippen LogP contribution in [0.4, 0.5) is 5.69 Å². The topological polar surface area (TPSA) is 138 Å². The Morgan fingerprint density at radius 1 is 1.40 bits per heavy atom. The highest BCUT2D eigenvalue weighted by Gasteiger charge is 2.22. The minimum Gasteiger partial charge on any atom is -0.444 e. The zero-order valence-electron chi connectivity index (χ0n) is 16.2. The van der Waals surface area contributed by atoms with Crippen molar-refractivity contribution >= 4 is 29.9 Å². The van der Waals surface area contributed by atoms with E-state index in [-0.39, 0.29) is 29.5 Å². The summed E-state index contributed by atoms with van der Waals surface area (Å²) in [6.07, 6.45) is 5.40. The number of nitrogens with two attached hydrogens (primary N) is 1. The van der Waals surface area contributed by atoms with Gasteiger partial charge in [0, 0.05) is 42.7 Å². The number of carbonyl (C=O) groups is 2. The van der Waals surface area contributed by atoms with Crippen molar-refractivity contribution in [2.75, 3.05) is 18.5 Å². The van der Waals surface area contributed by atoms with Crippen molar-refractivity contribution in [3.63, 3.8) is 0 Å². The summed E-state index contributed by atoms with van der Waals surface area (Å²) in [5.74, 6) is -0.652. The summed E-state index contributed by atoms with van der Waals surface area (Å²) in [4.78, 5) is 32.7. The maximum Gasteiger partial charge on any atom is 0.277 e. The number of anilines is 1. The van der Waals surface area contributed by atoms with Crippen molar-refractivity contribution in [2.24, 2.45) is 11.7 Å². The number of pyridine rings is 1. The maximum absolute atomic E-state index is 12.6. The largest absolute Gasteiger partial charge is 0.444 e. The minimum atomic E-state index is -0.727. The molecule has 0 aromatic carbocycles. The second-order valence-corrected chi connectivity index (χ2v) is 6.89. The van der Waals surface area contributed by atoms with Crippen LogP contribution in [0.1, 0.15) is 33.1 Å². The first-order valence-electron chi connectivity index (χ1n) is 9.14. The Balaban J connectivity index is 0.00000256. The lowest BCUT2D eigenvalue weighted by Crippen LogP contribution is -2.18. The molecule has 1 aliphatic rings. The Bertz CT molecular complexity index is 1060. The second-order valence-electron chi connectivity index (χ2n) is 6.89. The van der Waals surface area contributed by atoms with Crippen LogP contribution in [0.3, 0.4) is 0 Å². The fourth-order valence-electron chi connectivity index (χ4n) is 3.16. The average Bonchev–Trinajstić information content (AvgIpc) is 3.42. The van der Waals surface area contributed by atoms with Crippen molar-refractivity contribution in [2.45, 2.75) is 19.9 Å². The van der Waals surface area contributed by atoms with Crippen LogP contribution >= 0.6 is 12.4 Å². The van der Waals surface area contributed by atoms with Gasteiger partial charge in [-0.05, 0) is 25.5 Å². The molecule has 1 saturated heterocycles. The highest BCUT2D eigenvalue weighted by molar-refractivity contribution is 6.07. The van der Waals surface area contributed by atoms with Crippen LogP contribution < -0.4 is 11.1 Å². The van der Waals surface area contributed by atoms with Crippen molar-refractivity contribution in [3.8, 4) is 11.5 Å². The van der Waals surface area contributed by atoms with E-state index in [2.05, 4.69) is 20.4 Å². The summed E-state index contributed by atoms with van der Waals surface area (Å²) in [7, 11) is 0. The van der Waals surface area contributed by atoms with Gasteiger partial charge in [-0.1, -0.05) is 0 Å². The molecule has 4 heterocycles. The number of nitrogens with one attached hydrogen (secondary N) is 1. The molecule has 2 amide bonds. The van der Waals surface area contributed by atoms with Crippen molar-refractivity contribution in [1.82, 2.24) is 19.7 Å². The quantitative estimate of drug-likeness (QED) is 0.607. The molecule has 1 aliphatic heterocycles. The van der Waals surface area contributed by atoms with Gasteiger partial charge in [0.1, 0.15) is 6.26 Å². The number of rotatable bonds is 6. The molecule has 30 heavy (non-hydrogen) atoms. The normalized spacial score (nSPS) is 15.6. The number of hydrogen-bond donors (Lipinski definition) is 2. The molecular formula is C19H21ClN6O4. The molecular weight excluding hydrogens is 412 g/mol. The molecule has 4 rings (SSSR count).